The summed E-state index contributed by atoms with van der Waals surface area (Å²) in [5.41, 5.74) is 1.09. The smallest absolute Gasteiger partial charge is 0.175 e. The number of ether oxygens (including phenoxy) is 1. The van der Waals surface area contributed by atoms with Gasteiger partial charge >= 0.3 is 0 Å². The molecule has 1 aromatic rings. The van der Waals surface area contributed by atoms with E-state index in [1.54, 1.807) is 19.2 Å². The minimum absolute atomic E-state index is 0.364. The van der Waals surface area contributed by atoms with Gasteiger partial charge in [-0.05, 0) is 37.2 Å². The molecule has 0 radical (unpaired) electrons. The molecule has 1 rings (SSSR count). The molecular weight excluding hydrogens is 276 g/mol. The van der Waals surface area contributed by atoms with Gasteiger partial charge in [0.2, 0.25) is 0 Å². The van der Waals surface area contributed by atoms with Crippen molar-refractivity contribution in [3.05, 3.63) is 29.8 Å². The van der Waals surface area contributed by atoms with Crippen molar-refractivity contribution in [3.63, 3.8) is 0 Å². The molecular formula is C14H24N2O3S. The summed E-state index contributed by atoms with van der Waals surface area (Å²) in [4.78, 5) is 0.364. The summed E-state index contributed by atoms with van der Waals surface area (Å²) in [6.45, 7) is 4.25. The maximum atomic E-state index is 11.3. The van der Waals surface area contributed by atoms with E-state index < -0.39 is 9.84 Å². The van der Waals surface area contributed by atoms with E-state index in [-0.39, 0.29) is 0 Å². The Labute approximate surface area is 121 Å². The number of nitrogens with one attached hydrogen (secondary N) is 2. The van der Waals surface area contributed by atoms with Crippen LogP contribution in [0.3, 0.4) is 0 Å². The first-order valence-electron chi connectivity index (χ1n) is 6.73. The van der Waals surface area contributed by atoms with Gasteiger partial charge in [0.05, 0.1) is 11.5 Å². The van der Waals surface area contributed by atoms with Crippen LogP contribution in [0.2, 0.25) is 0 Å². The molecule has 0 amide bonds. The van der Waals surface area contributed by atoms with Crippen LogP contribution in [-0.4, -0.2) is 48.0 Å². The van der Waals surface area contributed by atoms with Crippen molar-refractivity contribution in [1.29, 1.82) is 0 Å². The van der Waals surface area contributed by atoms with Gasteiger partial charge in [0.25, 0.3) is 0 Å². The number of rotatable bonds is 10. The van der Waals surface area contributed by atoms with E-state index in [1.807, 2.05) is 12.1 Å². The van der Waals surface area contributed by atoms with Gasteiger partial charge in [-0.15, -0.1) is 0 Å². The number of benzene rings is 1. The highest BCUT2D eigenvalue weighted by atomic mass is 32.2. The summed E-state index contributed by atoms with van der Waals surface area (Å²) in [5.74, 6) is 0. The lowest BCUT2D eigenvalue weighted by Gasteiger charge is -2.07. The normalized spacial score (nSPS) is 11.7. The zero-order valence-electron chi connectivity index (χ0n) is 12.2. The molecule has 20 heavy (non-hydrogen) atoms. The highest BCUT2D eigenvalue weighted by Gasteiger charge is 2.05. The Balaban J connectivity index is 2.16. The number of hydrogen-bond donors (Lipinski definition) is 2. The average molecular weight is 300 g/mol. The van der Waals surface area contributed by atoms with Crippen LogP contribution >= 0.6 is 0 Å². The molecule has 0 atom stereocenters. The molecule has 0 saturated heterocycles. The van der Waals surface area contributed by atoms with Crippen LogP contribution in [0.25, 0.3) is 0 Å². The molecule has 0 spiro atoms. The van der Waals surface area contributed by atoms with Crippen LogP contribution in [0.1, 0.15) is 12.0 Å². The molecule has 0 aliphatic carbocycles. The van der Waals surface area contributed by atoms with E-state index in [0.717, 1.165) is 44.8 Å². The molecule has 2 N–H and O–H groups in total. The summed E-state index contributed by atoms with van der Waals surface area (Å²) in [6.07, 6.45) is 2.27. The Kier molecular flexibility index (Phi) is 7.76. The third-order valence-corrected chi connectivity index (χ3v) is 4.00. The Morgan fingerprint density at radius 2 is 1.70 bits per heavy atom. The van der Waals surface area contributed by atoms with E-state index in [1.165, 1.54) is 6.26 Å². The standard InChI is InChI=1S/C14H24N2O3S/c1-19-11-10-15-8-3-9-16-12-13-4-6-14(7-5-13)20(2,17)18/h4-7,15-16H,3,8-12H2,1-2H3. The van der Waals surface area contributed by atoms with Crippen molar-refractivity contribution in [2.45, 2.75) is 17.9 Å². The second-order valence-corrected chi connectivity index (χ2v) is 6.70. The van der Waals surface area contributed by atoms with Crippen molar-refractivity contribution < 1.29 is 13.2 Å². The van der Waals surface area contributed by atoms with Crippen LogP contribution < -0.4 is 10.6 Å². The monoisotopic (exact) mass is 300 g/mol. The first-order chi connectivity index (χ1) is 9.54. The summed E-state index contributed by atoms with van der Waals surface area (Å²) in [6, 6.07) is 7.00. The maximum Gasteiger partial charge on any atom is 0.175 e. The largest absolute Gasteiger partial charge is 0.383 e. The SMILES string of the molecule is COCCNCCCNCc1ccc(S(C)(=O)=O)cc1. The molecule has 0 aliphatic heterocycles. The first-order valence-corrected chi connectivity index (χ1v) is 8.62. The third-order valence-electron chi connectivity index (χ3n) is 2.87. The topological polar surface area (TPSA) is 67.4 Å². The van der Waals surface area contributed by atoms with Crippen molar-refractivity contribution in [2.24, 2.45) is 0 Å². The van der Waals surface area contributed by atoms with E-state index >= 15 is 0 Å². The van der Waals surface area contributed by atoms with Crippen LogP contribution in [0.4, 0.5) is 0 Å². The van der Waals surface area contributed by atoms with E-state index in [9.17, 15) is 8.42 Å². The highest BCUT2D eigenvalue weighted by molar-refractivity contribution is 7.90. The fourth-order valence-corrected chi connectivity index (χ4v) is 2.36. The quantitative estimate of drug-likeness (QED) is 0.626. The second-order valence-electron chi connectivity index (χ2n) is 4.69. The number of sulfone groups is 1. The van der Waals surface area contributed by atoms with Crippen LogP contribution in [0, 0.1) is 0 Å². The number of hydrogen-bond acceptors (Lipinski definition) is 5. The van der Waals surface area contributed by atoms with E-state index in [4.69, 9.17) is 4.74 Å². The van der Waals surface area contributed by atoms with Crippen molar-refractivity contribution in [2.75, 3.05) is 39.6 Å². The molecule has 1 aromatic carbocycles. The fourth-order valence-electron chi connectivity index (χ4n) is 1.72. The molecule has 0 aromatic heterocycles. The van der Waals surface area contributed by atoms with Crippen LogP contribution in [0.15, 0.2) is 29.2 Å². The summed E-state index contributed by atoms with van der Waals surface area (Å²) in [5, 5.41) is 6.61. The lowest BCUT2D eigenvalue weighted by molar-refractivity contribution is 0.199. The predicted molar refractivity (Wildman–Crippen MR) is 80.6 cm³/mol. The molecule has 0 aliphatic rings. The van der Waals surface area contributed by atoms with Gasteiger partial charge in [0.15, 0.2) is 9.84 Å². The first kappa shape index (κ1) is 17.1. The lowest BCUT2D eigenvalue weighted by atomic mass is 10.2. The van der Waals surface area contributed by atoms with Gasteiger partial charge in [-0.3, -0.25) is 0 Å². The summed E-state index contributed by atoms with van der Waals surface area (Å²) >= 11 is 0. The zero-order valence-corrected chi connectivity index (χ0v) is 13.0. The van der Waals surface area contributed by atoms with Gasteiger partial charge in [-0.2, -0.15) is 0 Å². The Bertz CT molecular complexity index is 472. The minimum atomic E-state index is -3.10. The second kappa shape index (κ2) is 9.07. The molecule has 5 nitrogen and oxygen atoms in total. The lowest BCUT2D eigenvalue weighted by Crippen LogP contribution is -2.24. The van der Waals surface area contributed by atoms with Crippen molar-refractivity contribution >= 4 is 9.84 Å². The molecule has 6 heteroatoms. The fraction of sp³-hybridized carbons (Fsp3) is 0.571. The van der Waals surface area contributed by atoms with Gasteiger partial charge in [-0.25, -0.2) is 8.42 Å². The van der Waals surface area contributed by atoms with Crippen molar-refractivity contribution in [1.82, 2.24) is 10.6 Å². The van der Waals surface area contributed by atoms with E-state index in [2.05, 4.69) is 10.6 Å². The van der Waals surface area contributed by atoms with Crippen LogP contribution in [-0.2, 0) is 21.1 Å². The molecule has 0 saturated carbocycles. The molecule has 0 unspecified atom stereocenters. The zero-order chi connectivity index (χ0) is 14.8. The molecule has 0 heterocycles. The Hall–Kier alpha value is -0.950. The maximum absolute atomic E-state index is 11.3. The van der Waals surface area contributed by atoms with E-state index in [0.29, 0.717) is 4.90 Å². The third kappa shape index (κ3) is 7.00. The molecule has 0 bridgehead atoms. The Morgan fingerprint density at radius 1 is 1.05 bits per heavy atom. The molecule has 114 valence electrons. The Morgan fingerprint density at radius 3 is 2.30 bits per heavy atom. The van der Waals surface area contributed by atoms with Gasteiger partial charge in [0, 0.05) is 26.5 Å². The van der Waals surface area contributed by atoms with Gasteiger partial charge in [0.1, 0.15) is 0 Å². The highest BCUT2D eigenvalue weighted by Crippen LogP contribution is 2.09. The van der Waals surface area contributed by atoms with Gasteiger partial charge < -0.3 is 15.4 Å². The summed E-state index contributed by atoms with van der Waals surface area (Å²) < 4.78 is 27.6. The van der Waals surface area contributed by atoms with Crippen molar-refractivity contribution in [3.8, 4) is 0 Å². The predicted octanol–water partition coefficient (Wildman–Crippen LogP) is 0.806. The van der Waals surface area contributed by atoms with Crippen LogP contribution in [0.5, 0.6) is 0 Å². The number of methoxy groups -OCH3 is 1. The summed E-state index contributed by atoms with van der Waals surface area (Å²) in [7, 11) is -1.41. The molecule has 0 fully saturated rings. The minimum Gasteiger partial charge on any atom is -0.383 e. The van der Waals surface area contributed by atoms with Gasteiger partial charge in [-0.1, -0.05) is 12.1 Å². The average Bonchev–Trinajstić information content (AvgIpc) is 2.41.